The molecule has 0 bridgehead atoms. The average molecular weight is 512 g/mol. The molecule has 0 spiro atoms. The standard InChI is InChI=1S/C30H26FN3O4/c1-19(35)32-22-12-14-23(15-13-22)38-18-21-17-20(11-16-28(21)37-2)29-33-26-9-5-3-7-24(26)30(36)34(29)27-10-6-4-8-25(27)31/h3-17,29,33H,18H2,1-2H3,(H,32,35)/t29-/m1/s1. The fraction of sp³-hybridized carbons (Fsp3) is 0.133. The minimum Gasteiger partial charge on any atom is -0.496 e. The number of halogens is 1. The maximum atomic E-state index is 14.9. The molecule has 7 nitrogen and oxygen atoms in total. The van der Waals surface area contributed by atoms with Crippen LogP contribution in [0.25, 0.3) is 0 Å². The summed E-state index contributed by atoms with van der Waals surface area (Å²) in [5, 5.41) is 6.12. The number of carbonyl (C=O) groups excluding carboxylic acids is 2. The van der Waals surface area contributed by atoms with Crippen molar-refractivity contribution in [3.05, 3.63) is 114 Å². The van der Waals surface area contributed by atoms with Crippen LogP contribution < -0.4 is 25.0 Å². The lowest BCUT2D eigenvalue weighted by Gasteiger charge is -2.38. The molecule has 5 rings (SSSR count). The third-order valence-corrected chi connectivity index (χ3v) is 6.23. The zero-order valence-corrected chi connectivity index (χ0v) is 20.9. The summed E-state index contributed by atoms with van der Waals surface area (Å²) in [6.45, 7) is 1.64. The molecule has 192 valence electrons. The highest BCUT2D eigenvalue weighted by Crippen LogP contribution is 2.38. The summed E-state index contributed by atoms with van der Waals surface area (Å²) in [5.41, 5.74) is 3.46. The number of amides is 2. The molecule has 0 saturated carbocycles. The van der Waals surface area contributed by atoms with Crippen LogP contribution in [0.5, 0.6) is 11.5 Å². The molecule has 1 heterocycles. The largest absolute Gasteiger partial charge is 0.496 e. The zero-order valence-electron chi connectivity index (χ0n) is 20.9. The Morgan fingerprint density at radius 2 is 1.74 bits per heavy atom. The number of hydrogen-bond acceptors (Lipinski definition) is 5. The van der Waals surface area contributed by atoms with Crippen LogP contribution in [0.2, 0.25) is 0 Å². The van der Waals surface area contributed by atoms with Crippen LogP contribution in [-0.4, -0.2) is 18.9 Å². The van der Waals surface area contributed by atoms with E-state index in [1.807, 2.05) is 24.3 Å². The van der Waals surface area contributed by atoms with Crippen LogP contribution >= 0.6 is 0 Å². The predicted octanol–water partition coefficient (Wildman–Crippen LogP) is 6.14. The maximum absolute atomic E-state index is 14.9. The normalized spacial score (nSPS) is 14.3. The van der Waals surface area contributed by atoms with Gasteiger partial charge < -0.3 is 20.1 Å². The second kappa shape index (κ2) is 10.6. The van der Waals surface area contributed by atoms with Crippen LogP contribution in [0.4, 0.5) is 21.5 Å². The van der Waals surface area contributed by atoms with Gasteiger partial charge in [-0.15, -0.1) is 0 Å². The Kier molecular flexibility index (Phi) is 6.95. The number of rotatable bonds is 7. The second-order valence-electron chi connectivity index (χ2n) is 8.78. The molecule has 8 heteroatoms. The number of anilines is 3. The van der Waals surface area contributed by atoms with Gasteiger partial charge in [0.15, 0.2) is 0 Å². The van der Waals surface area contributed by atoms with E-state index in [4.69, 9.17) is 9.47 Å². The highest BCUT2D eigenvalue weighted by Gasteiger charge is 2.35. The summed E-state index contributed by atoms with van der Waals surface area (Å²) >= 11 is 0. The summed E-state index contributed by atoms with van der Waals surface area (Å²) < 4.78 is 26.5. The van der Waals surface area contributed by atoms with Gasteiger partial charge in [-0.2, -0.15) is 0 Å². The van der Waals surface area contributed by atoms with Crippen molar-refractivity contribution >= 4 is 28.9 Å². The number of nitrogens with one attached hydrogen (secondary N) is 2. The highest BCUT2D eigenvalue weighted by atomic mass is 19.1. The Hall–Kier alpha value is -4.85. The van der Waals surface area contributed by atoms with Gasteiger partial charge in [-0.3, -0.25) is 14.5 Å². The third-order valence-electron chi connectivity index (χ3n) is 6.23. The molecule has 1 aliphatic heterocycles. The quantitative estimate of drug-likeness (QED) is 0.311. The molecule has 0 fully saturated rings. The fourth-order valence-electron chi connectivity index (χ4n) is 4.46. The van der Waals surface area contributed by atoms with Crippen molar-refractivity contribution in [2.45, 2.75) is 19.7 Å². The summed E-state index contributed by atoms with van der Waals surface area (Å²) in [5.74, 6) is 0.277. The Morgan fingerprint density at radius 3 is 2.47 bits per heavy atom. The van der Waals surface area contributed by atoms with Gasteiger partial charge in [-0.25, -0.2) is 4.39 Å². The van der Waals surface area contributed by atoms with Gasteiger partial charge in [0, 0.05) is 23.9 Å². The molecule has 0 aromatic heterocycles. The molecule has 2 amide bonds. The van der Waals surface area contributed by atoms with Gasteiger partial charge in [0.05, 0.1) is 18.4 Å². The molecule has 0 saturated heterocycles. The van der Waals surface area contributed by atoms with Crippen molar-refractivity contribution in [1.29, 1.82) is 0 Å². The molecular formula is C30H26FN3O4. The van der Waals surface area contributed by atoms with Crippen LogP contribution in [0, 0.1) is 5.82 Å². The van der Waals surface area contributed by atoms with E-state index in [1.165, 1.54) is 17.9 Å². The molecule has 4 aromatic rings. The second-order valence-corrected chi connectivity index (χ2v) is 8.78. The van der Waals surface area contributed by atoms with E-state index in [9.17, 15) is 14.0 Å². The molecular weight excluding hydrogens is 485 g/mol. The van der Waals surface area contributed by atoms with E-state index in [0.717, 1.165) is 11.1 Å². The van der Waals surface area contributed by atoms with Crippen molar-refractivity contribution in [2.75, 3.05) is 22.6 Å². The monoisotopic (exact) mass is 511 g/mol. The Labute approximate surface area is 219 Å². The zero-order chi connectivity index (χ0) is 26.6. The lowest BCUT2D eigenvalue weighted by Crippen LogP contribution is -2.43. The number of carbonyl (C=O) groups is 2. The van der Waals surface area contributed by atoms with E-state index in [-0.39, 0.29) is 24.1 Å². The molecule has 0 aliphatic carbocycles. The topological polar surface area (TPSA) is 79.9 Å². The van der Waals surface area contributed by atoms with Gasteiger partial charge in [-0.1, -0.05) is 30.3 Å². The predicted molar refractivity (Wildman–Crippen MR) is 144 cm³/mol. The highest BCUT2D eigenvalue weighted by molar-refractivity contribution is 6.12. The summed E-state index contributed by atoms with van der Waals surface area (Å²) in [4.78, 5) is 26.3. The van der Waals surface area contributed by atoms with Gasteiger partial charge in [0.25, 0.3) is 5.91 Å². The summed E-state index contributed by atoms with van der Waals surface area (Å²) in [7, 11) is 1.57. The van der Waals surface area contributed by atoms with Gasteiger partial charge in [0.2, 0.25) is 5.91 Å². The van der Waals surface area contributed by atoms with Crippen molar-refractivity contribution in [2.24, 2.45) is 0 Å². The smallest absolute Gasteiger partial charge is 0.262 e. The first kappa shape index (κ1) is 24.8. The number of methoxy groups -OCH3 is 1. The lowest BCUT2D eigenvalue weighted by atomic mass is 10.0. The Bertz CT molecular complexity index is 1490. The van der Waals surface area contributed by atoms with Crippen molar-refractivity contribution in [3.8, 4) is 11.5 Å². The number of fused-ring (bicyclic) bond motifs is 1. The number of para-hydroxylation sites is 2. The minimum atomic E-state index is -0.670. The van der Waals surface area contributed by atoms with E-state index in [2.05, 4.69) is 10.6 Å². The SMILES string of the molecule is COc1ccc([C@@H]2Nc3ccccc3C(=O)N2c2ccccc2F)cc1COc1ccc(NC(C)=O)cc1. The average Bonchev–Trinajstić information content (AvgIpc) is 2.93. The van der Waals surface area contributed by atoms with Crippen LogP contribution in [0.3, 0.4) is 0 Å². The maximum Gasteiger partial charge on any atom is 0.262 e. The first-order valence-electron chi connectivity index (χ1n) is 12.1. The third kappa shape index (κ3) is 5.01. The molecule has 0 unspecified atom stereocenters. The van der Waals surface area contributed by atoms with Crippen LogP contribution in [0.1, 0.15) is 34.6 Å². The summed E-state index contributed by atoms with van der Waals surface area (Å²) in [6.07, 6.45) is -0.670. The Morgan fingerprint density at radius 1 is 1.00 bits per heavy atom. The molecule has 2 N–H and O–H groups in total. The van der Waals surface area contributed by atoms with Crippen LogP contribution in [-0.2, 0) is 11.4 Å². The molecule has 1 atom stereocenters. The minimum absolute atomic E-state index is 0.151. The van der Waals surface area contributed by atoms with Gasteiger partial charge >= 0.3 is 0 Å². The van der Waals surface area contributed by atoms with Crippen molar-refractivity contribution < 1.29 is 23.5 Å². The number of benzene rings is 4. The number of nitrogens with zero attached hydrogens (tertiary/aromatic N) is 1. The van der Waals surface area contributed by atoms with E-state index >= 15 is 0 Å². The fourth-order valence-corrected chi connectivity index (χ4v) is 4.46. The van der Waals surface area contributed by atoms with E-state index in [0.29, 0.717) is 28.4 Å². The lowest BCUT2D eigenvalue weighted by molar-refractivity contribution is -0.114. The number of ether oxygens (including phenoxy) is 2. The number of hydrogen-bond donors (Lipinski definition) is 2. The van der Waals surface area contributed by atoms with Crippen LogP contribution in [0.15, 0.2) is 91.0 Å². The molecule has 1 aliphatic rings. The Balaban J connectivity index is 1.47. The van der Waals surface area contributed by atoms with Crippen molar-refractivity contribution in [1.82, 2.24) is 0 Å². The molecule has 4 aromatic carbocycles. The van der Waals surface area contributed by atoms with E-state index in [1.54, 1.807) is 67.8 Å². The first-order valence-corrected chi connectivity index (χ1v) is 12.1. The first-order chi connectivity index (χ1) is 18.4. The molecule has 38 heavy (non-hydrogen) atoms. The van der Waals surface area contributed by atoms with Gasteiger partial charge in [-0.05, 0) is 66.2 Å². The van der Waals surface area contributed by atoms with Gasteiger partial charge in [0.1, 0.15) is 30.1 Å². The van der Waals surface area contributed by atoms with Crippen molar-refractivity contribution in [3.63, 3.8) is 0 Å². The molecule has 0 radical (unpaired) electrons. The summed E-state index contributed by atoms with van der Waals surface area (Å²) in [6, 6.07) is 26.0. The van der Waals surface area contributed by atoms with E-state index < -0.39 is 12.0 Å².